The van der Waals surface area contributed by atoms with Crippen molar-refractivity contribution in [2.24, 2.45) is 0 Å². The molecule has 0 unspecified atom stereocenters. The Hall–Kier alpha value is -9.19. The highest BCUT2D eigenvalue weighted by Crippen LogP contribution is 2.63. The summed E-state index contributed by atoms with van der Waals surface area (Å²) in [6.07, 6.45) is 0. The van der Waals surface area contributed by atoms with Gasteiger partial charge in [-0.1, -0.05) is 206 Å². The molecule has 1 aliphatic carbocycles. The van der Waals surface area contributed by atoms with Gasteiger partial charge in [-0.05, 0) is 98.1 Å². The van der Waals surface area contributed by atoms with Gasteiger partial charge in [0.15, 0.2) is 11.6 Å². The van der Waals surface area contributed by atoms with E-state index < -0.39 is 5.41 Å². The Bertz CT molecular complexity index is 3870. The smallest absolute Gasteiger partial charge is 0.238 e. The highest BCUT2D eigenvalue weighted by Gasteiger charge is 2.52. The van der Waals surface area contributed by atoms with Gasteiger partial charge in [-0.2, -0.15) is 9.97 Å². The van der Waals surface area contributed by atoms with Crippen LogP contribution in [-0.4, -0.2) is 19.5 Å². The minimum atomic E-state index is -0.614. The maximum absolute atomic E-state index is 5.39. The summed E-state index contributed by atoms with van der Waals surface area (Å²) in [7, 11) is 0. The molecular weight excluding hydrogens is 839 g/mol. The van der Waals surface area contributed by atoms with Gasteiger partial charge in [0, 0.05) is 27.6 Å². The standard InChI is InChI=1S/C64H41N5/c1-4-19-42(20-5-1)45-25-18-26-48(39-45)68-57-33-16-12-29-51(57)52-40-46(36-38-58(52)68)47-35-37-56-60(41-47)69(63-66-61(43-21-6-2-7-22-43)65-62(67-63)44-23-8-3-9-24-44)59-34-17-15-32-55(59)64(56)53-30-13-10-27-49(53)50-28-11-14-31-54(50)64/h1-41H. The van der Waals surface area contributed by atoms with E-state index in [2.05, 4.69) is 222 Å². The second kappa shape index (κ2) is 15.4. The van der Waals surface area contributed by atoms with Crippen molar-refractivity contribution in [3.8, 4) is 61.8 Å². The maximum Gasteiger partial charge on any atom is 0.238 e. The average molecular weight is 880 g/mol. The Morgan fingerprint density at radius 1 is 0.304 bits per heavy atom. The molecule has 0 saturated heterocycles. The van der Waals surface area contributed by atoms with Gasteiger partial charge in [0.25, 0.3) is 0 Å². The lowest BCUT2D eigenvalue weighted by Gasteiger charge is -2.44. The van der Waals surface area contributed by atoms with Crippen molar-refractivity contribution in [3.63, 3.8) is 0 Å². The van der Waals surface area contributed by atoms with E-state index in [0.29, 0.717) is 17.6 Å². The summed E-state index contributed by atoms with van der Waals surface area (Å²) in [6, 6.07) is 89.4. The van der Waals surface area contributed by atoms with Crippen LogP contribution in [0.5, 0.6) is 0 Å². The minimum absolute atomic E-state index is 0.555. The minimum Gasteiger partial charge on any atom is -0.309 e. The summed E-state index contributed by atoms with van der Waals surface area (Å²) in [5, 5.41) is 2.40. The summed E-state index contributed by atoms with van der Waals surface area (Å²) in [5.41, 5.74) is 18.7. The van der Waals surface area contributed by atoms with Gasteiger partial charge < -0.3 is 4.57 Å². The van der Waals surface area contributed by atoms with Gasteiger partial charge in [0.1, 0.15) is 0 Å². The lowest BCUT2D eigenvalue weighted by atomic mass is 9.64. The van der Waals surface area contributed by atoms with E-state index in [-0.39, 0.29) is 0 Å². The molecule has 1 spiro atoms. The number of hydrogen-bond acceptors (Lipinski definition) is 4. The molecule has 5 heteroatoms. The predicted octanol–water partition coefficient (Wildman–Crippen LogP) is 15.8. The number of rotatable bonds is 6. The summed E-state index contributed by atoms with van der Waals surface area (Å²) in [4.78, 5) is 18.2. The largest absolute Gasteiger partial charge is 0.309 e. The van der Waals surface area contributed by atoms with E-state index >= 15 is 0 Å². The fourth-order valence-electron chi connectivity index (χ4n) is 11.3. The molecule has 5 nitrogen and oxygen atoms in total. The van der Waals surface area contributed by atoms with Crippen molar-refractivity contribution < 1.29 is 0 Å². The predicted molar refractivity (Wildman–Crippen MR) is 281 cm³/mol. The van der Waals surface area contributed by atoms with Gasteiger partial charge in [-0.3, -0.25) is 4.90 Å². The fourth-order valence-corrected chi connectivity index (χ4v) is 11.3. The fraction of sp³-hybridized carbons (Fsp3) is 0.0156. The number of benzene rings is 10. The third-order valence-corrected chi connectivity index (χ3v) is 14.2. The van der Waals surface area contributed by atoms with Crippen LogP contribution in [0.2, 0.25) is 0 Å². The van der Waals surface area contributed by atoms with Crippen molar-refractivity contribution in [1.29, 1.82) is 0 Å². The molecule has 0 saturated carbocycles. The van der Waals surface area contributed by atoms with Gasteiger partial charge in [-0.25, -0.2) is 4.98 Å². The van der Waals surface area contributed by atoms with Gasteiger partial charge in [-0.15, -0.1) is 0 Å². The molecule has 0 radical (unpaired) electrons. The van der Waals surface area contributed by atoms with E-state index in [9.17, 15) is 0 Å². The molecule has 322 valence electrons. The number of anilines is 3. The molecule has 10 aromatic carbocycles. The molecule has 69 heavy (non-hydrogen) atoms. The zero-order chi connectivity index (χ0) is 45.5. The summed E-state index contributed by atoms with van der Waals surface area (Å²) < 4.78 is 2.40. The van der Waals surface area contributed by atoms with E-state index in [1.54, 1.807) is 0 Å². The van der Waals surface area contributed by atoms with E-state index in [0.717, 1.165) is 44.8 Å². The van der Waals surface area contributed by atoms with E-state index in [4.69, 9.17) is 15.0 Å². The Balaban J connectivity index is 1.02. The molecule has 3 heterocycles. The lowest BCUT2D eigenvalue weighted by molar-refractivity contribution is 0.749. The van der Waals surface area contributed by atoms with Crippen molar-refractivity contribution in [1.82, 2.24) is 19.5 Å². The zero-order valence-corrected chi connectivity index (χ0v) is 37.4. The van der Waals surface area contributed by atoms with Crippen LogP contribution in [0.1, 0.15) is 22.3 Å². The quantitative estimate of drug-likeness (QED) is 0.167. The highest BCUT2D eigenvalue weighted by atomic mass is 15.3. The topological polar surface area (TPSA) is 46.8 Å². The van der Waals surface area contributed by atoms with Gasteiger partial charge in [0.05, 0.1) is 27.8 Å². The number of fused-ring (bicyclic) bond motifs is 12. The average Bonchev–Trinajstić information content (AvgIpc) is 3.92. The molecule has 0 atom stereocenters. The Kier molecular flexibility index (Phi) is 8.73. The van der Waals surface area contributed by atoms with Crippen molar-refractivity contribution in [2.45, 2.75) is 5.41 Å². The normalized spacial score (nSPS) is 13.0. The number of nitrogens with zero attached hydrogens (tertiary/aromatic N) is 5. The molecule has 2 aliphatic rings. The Labute approximate surface area is 399 Å². The van der Waals surface area contributed by atoms with Gasteiger partial charge in [0.2, 0.25) is 5.95 Å². The molecule has 1 aliphatic heterocycles. The Morgan fingerprint density at radius 3 is 1.51 bits per heavy atom. The second-order valence-electron chi connectivity index (χ2n) is 17.9. The van der Waals surface area contributed by atoms with Gasteiger partial charge >= 0.3 is 0 Å². The number of hydrogen-bond donors (Lipinski definition) is 0. The number of para-hydroxylation sites is 2. The third kappa shape index (κ3) is 5.94. The summed E-state index contributed by atoms with van der Waals surface area (Å²) in [5.74, 6) is 1.78. The van der Waals surface area contributed by atoms with Crippen LogP contribution in [0.3, 0.4) is 0 Å². The molecule has 0 bridgehead atoms. The first-order valence-electron chi connectivity index (χ1n) is 23.5. The van der Waals surface area contributed by atoms with Crippen LogP contribution >= 0.6 is 0 Å². The van der Waals surface area contributed by atoms with Crippen molar-refractivity contribution in [2.75, 3.05) is 4.90 Å². The molecule has 12 aromatic rings. The maximum atomic E-state index is 5.39. The summed E-state index contributed by atoms with van der Waals surface area (Å²) in [6.45, 7) is 0. The monoisotopic (exact) mass is 879 g/mol. The second-order valence-corrected chi connectivity index (χ2v) is 17.9. The van der Waals surface area contributed by atoms with Crippen LogP contribution in [-0.2, 0) is 5.41 Å². The molecule has 14 rings (SSSR count). The van der Waals surface area contributed by atoms with Crippen molar-refractivity contribution >= 4 is 39.1 Å². The molecule has 0 fully saturated rings. The molecular formula is C64H41N5. The first-order valence-corrected chi connectivity index (χ1v) is 23.5. The first kappa shape index (κ1) is 39.0. The third-order valence-electron chi connectivity index (χ3n) is 14.2. The van der Waals surface area contributed by atoms with Crippen LogP contribution in [0.25, 0.3) is 83.6 Å². The van der Waals surface area contributed by atoms with Crippen molar-refractivity contribution in [3.05, 3.63) is 271 Å². The zero-order valence-electron chi connectivity index (χ0n) is 37.4. The van der Waals surface area contributed by atoms with Crippen LogP contribution in [0.15, 0.2) is 249 Å². The molecule has 0 amide bonds. The lowest BCUT2D eigenvalue weighted by Crippen LogP contribution is -2.36. The van der Waals surface area contributed by atoms with E-state index in [1.165, 1.54) is 60.8 Å². The first-order chi connectivity index (χ1) is 34.2. The van der Waals surface area contributed by atoms with Crippen LogP contribution in [0.4, 0.5) is 17.3 Å². The highest BCUT2D eigenvalue weighted by molar-refractivity contribution is 6.11. The van der Waals surface area contributed by atoms with E-state index in [1.807, 2.05) is 36.4 Å². The molecule has 0 N–H and O–H groups in total. The SMILES string of the molecule is c1ccc(-c2cccc(-n3c4ccccc4c4cc(-c5ccc6c(c5)N(c5nc(-c7ccccc7)nc(-c7ccccc7)n5)c5ccccc5C65c6ccccc6-c6ccccc65)ccc43)c2)cc1. The van der Waals surface area contributed by atoms with Crippen LogP contribution < -0.4 is 4.90 Å². The summed E-state index contributed by atoms with van der Waals surface area (Å²) >= 11 is 0. The molecule has 2 aromatic heterocycles. The Morgan fingerprint density at radius 2 is 0.812 bits per heavy atom. The van der Waals surface area contributed by atoms with Crippen LogP contribution in [0, 0.1) is 0 Å². The number of aromatic nitrogens is 4.